The molecule has 5 nitrogen and oxygen atoms in total. The normalized spacial score (nSPS) is 18.2. The first-order chi connectivity index (χ1) is 23.5. The Morgan fingerprint density at radius 2 is 1.61 bits per heavy atom. The maximum atomic E-state index is 6.76. The molecule has 5 heteroatoms. The molecule has 3 heterocycles. The van der Waals surface area contributed by atoms with Gasteiger partial charge in [0, 0.05) is 40.6 Å². The second-order valence-corrected chi connectivity index (χ2v) is 15.0. The van der Waals surface area contributed by atoms with Crippen LogP contribution in [0, 0.1) is 18.8 Å². The van der Waals surface area contributed by atoms with Crippen LogP contribution in [0.4, 0.5) is 0 Å². The molecular formula is C44H50N4O. The first-order valence-corrected chi connectivity index (χ1v) is 18.1. The predicted octanol–water partition coefficient (Wildman–Crippen LogP) is 12.0. The molecule has 0 radical (unpaired) electrons. The topological polar surface area (TPSA) is 44.9 Å². The molecule has 1 unspecified atom stereocenters. The predicted molar refractivity (Wildman–Crippen MR) is 204 cm³/mol. The molecule has 252 valence electrons. The van der Waals surface area contributed by atoms with Crippen LogP contribution < -0.4 is 4.74 Å². The number of fused-ring (bicyclic) bond motifs is 3. The van der Waals surface area contributed by atoms with Crippen LogP contribution in [0.2, 0.25) is 0 Å². The lowest BCUT2D eigenvalue weighted by Crippen LogP contribution is -2.21. The van der Waals surface area contributed by atoms with Gasteiger partial charge in [-0.05, 0) is 104 Å². The lowest BCUT2D eigenvalue weighted by Gasteiger charge is -2.33. The summed E-state index contributed by atoms with van der Waals surface area (Å²) in [5, 5.41) is 7.81. The summed E-state index contributed by atoms with van der Waals surface area (Å²) in [6.07, 6.45) is 6.48. The van der Waals surface area contributed by atoms with Gasteiger partial charge in [0.05, 0.1) is 28.1 Å². The molecule has 0 saturated carbocycles. The maximum absolute atomic E-state index is 6.76. The van der Waals surface area contributed by atoms with E-state index in [4.69, 9.17) is 14.8 Å². The molecule has 3 aromatic carbocycles. The van der Waals surface area contributed by atoms with Crippen LogP contribution in [0.15, 0.2) is 90.6 Å². The molecule has 49 heavy (non-hydrogen) atoms. The van der Waals surface area contributed by atoms with Crippen molar-refractivity contribution in [3.05, 3.63) is 119 Å². The van der Waals surface area contributed by atoms with E-state index in [1.807, 2.05) is 12.3 Å². The Labute approximate surface area is 291 Å². The highest BCUT2D eigenvalue weighted by Crippen LogP contribution is 2.46. The van der Waals surface area contributed by atoms with Gasteiger partial charge in [0.2, 0.25) is 0 Å². The van der Waals surface area contributed by atoms with Crippen LogP contribution in [0.1, 0.15) is 108 Å². The third-order valence-corrected chi connectivity index (χ3v) is 10.4. The van der Waals surface area contributed by atoms with E-state index >= 15 is 0 Å². The largest absolute Gasteiger partial charge is 0.457 e. The highest BCUT2D eigenvalue weighted by molar-refractivity contribution is 6.09. The van der Waals surface area contributed by atoms with Crippen molar-refractivity contribution >= 4 is 21.8 Å². The van der Waals surface area contributed by atoms with Gasteiger partial charge in [-0.2, -0.15) is 5.10 Å². The Balaban J connectivity index is 1.35. The molecule has 0 saturated heterocycles. The fourth-order valence-electron chi connectivity index (χ4n) is 8.33. The fourth-order valence-corrected chi connectivity index (χ4v) is 8.33. The summed E-state index contributed by atoms with van der Waals surface area (Å²) in [5.74, 6) is 4.70. The molecule has 0 spiro atoms. The van der Waals surface area contributed by atoms with Crippen LogP contribution in [-0.2, 0) is 6.42 Å². The first-order valence-electron chi connectivity index (χ1n) is 18.1. The monoisotopic (exact) mass is 650 g/mol. The molecule has 7 rings (SSSR count). The number of nitrogens with zero attached hydrogens (tertiary/aromatic N) is 4. The molecule has 0 bridgehead atoms. The van der Waals surface area contributed by atoms with Gasteiger partial charge in [-0.15, -0.1) is 0 Å². The quantitative estimate of drug-likeness (QED) is 0.154. The zero-order chi connectivity index (χ0) is 34.6. The summed E-state index contributed by atoms with van der Waals surface area (Å²) in [7, 11) is 0. The molecule has 0 aliphatic heterocycles. The number of rotatable bonds is 8. The third-order valence-electron chi connectivity index (χ3n) is 10.4. The van der Waals surface area contributed by atoms with Crippen molar-refractivity contribution in [3.63, 3.8) is 0 Å². The number of aromatic nitrogens is 4. The van der Waals surface area contributed by atoms with Gasteiger partial charge in [0.25, 0.3) is 0 Å². The molecular weight excluding hydrogens is 601 g/mol. The van der Waals surface area contributed by atoms with E-state index in [1.165, 1.54) is 50.8 Å². The molecule has 3 aromatic heterocycles. The molecule has 0 fully saturated rings. The van der Waals surface area contributed by atoms with Crippen LogP contribution in [-0.4, -0.2) is 19.3 Å². The van der Waals surface area contributed by atoms with Crippen molar-refractivity contribution in [1.82, 2.24) is 19.3 Å². The van der Waals surface area contributed by atoms with E-state index in [0.717, 1.165) is 40.5 Å². The highest BCUT2D eigenvalue weighted by atomic mass is 16.5. The Kier molecular flexibility index (Phi) is 8.73. The summed E-state index contributed by atoms with van der Waals surface area (Å²) in [6, 6.07) is 25.8. The van der Waals surface area contributed by atoms with Gasteiger partial charge in [-0.3, -0.25) is 4.57 Å². The number of ether oxygens (including phenoxy) is 1. The molecule has 3 atom stereocenters. The van der Waals surface area contributed by atoms with Crippen LogP contribution in [0.25, 0.3) is 33.3 Å². The molecule has 1 aliphatic carbocycles. The summed E-state index contributed by atoms with van der Waals surface area (Å²) >= 11 is 0. The zero-order valence-electron chi connectivity index (χ0n) is 30.6. The molecule has 0 amide bonds. The minimum Gasteiger partial charge on any atom is -0.457 e. The minimum absolute atomic E-state index is 0.309. The number of hydrogen-bond acceptors (Lipinski definition) is 3. The number of benzene rings is 3. The van der Waals surface area contributed by atoms with Gasteiger partial charge in [0.1, 0.15) is 17.3 Å². The van der Waals surface area contributed by atoms with Crippen LogP contribution >= 0.6 is 0 Å². The lowest BCUT2D eigenvalue weighted by atomic mass is 9.71. The average molecular weight is 651 g/mol. The van der Waals surface area contributed by atoms with Crippen molar-refractivity contribution in [2.24, 2.45) is 11.8 Å². The number of para-hydroxylation sites is 1. The van der Waals surface area contributed by atoms with Gasteiger partial charge in [-0.25, -0.2) is 9.67 Å². The average Bonchev–Trinajstić information content (AvgIpc) is 3.61. The van der Waals surface area contributed by atoms with E-state index in [1.54, 1.807) is 0 Å². The Bertz CT molecular complexity index is 2200. The summed E-state index contributed by atoms with van der Waals surface area (Å²) in [4.78, 5) is 4.76. The molecule has 0 N–H and O–H groups in total. The smallest absolute Gasteiger partial charge is 0.137 e. The lowest BCUT2D eigenvalue weighted by molar-refractivity contribution is 0.388. The standard InChI is InChI=1S/C44H50N4O/c1-10-32-22-33(48-44(27(4)5)42(43(46-48)26(2)3)41-30(8)19-29(7)20-31(41)9)24-35(23-32)49-34-15-16-37-36-13-11-12-14-38(36)47(39(37)25-34)40-21-28(6)17-18-45-40/h11-19,21-27,29,31,41H,10,20H2,1-9H3/t29-,31-,41?/m0/s1. The van der Waals surface area contributed by atoms with Gasteiger partial charge >= 0.3 is 0 Å². The third kappa shape index (κ3) is 5.98. The number of hydrogen-bond donors (Lipinski definition) is 0. The number of pyridine rings is 1. The number of aryl methyl sites for hydroxylation is 2. The Morgan fingerprint density at radius 3 is 2.33 bits per heavy atom. The van der Waals surface area contributed by atoms with Gasteiger partial charge in [0.15, 0.2) is 0 Å². The van der Waals surface area contributed by atoms with Crippen molar-refractivity contribution in [3.8, 4) is 23.0 Å². The van der Waals surface area contributed by atoms with Crippen molar-refractivity contribution in [2.75, 3.05) is 0 Å². The summed E-state index contributed by atoms with van der Waals surface area (Å²) in [5.41, 5.74) is 11.1. The highest BCUT2D eigenvalue weighted by Gasteiger charge is 2.35. The minimum atomic E-state index is 0.309. The number of allylic oxidation sites excluding steroid dienone is 2. The van der Waals surface area contributed by atoms with Gasteiger partial charge in [-0.1, -0.05) is 78.3 Å². The Hall–Kier alpha value is -4.64. The zero-order valence-corrected chi connectivity index (χ0v) is 30.6. The van der Waals surface area contributed by atoms with E-state index in [0.29, 0.717) is 29.6 Å². The summed E-state index contributed by atoms with van der Waals surface area (Å²) in [6.45, 7) is 20.6. The van der Waals surface area contributed by atoms with Crippen LogP contribution in [0.5, 0.6) is 11.5 Å². The summed E-state index contributed by atoms with van der Waals surface area (Å²) < 4.78 is 11.3. The van der Waals surface area contributed by atoms with E-state index < -0.39 is 0 Å². The van der Waals surface area contributed by atoms with Crippen LogP contribution in [0.3, 0.4) is 0 Å². The molecule has 6 aromatic rings. The van der Waals surface area contributed by atoms with E-state index in [-0.39, 0.29) is 0 Å². The maximum Gasteiger partial charge on any atom is 0.137 e. The van der Waals surface area contributed by atoms with E-state index in [2.05, 4.69) is 144 Å². The van der Waals surface area contributed by atoms with Gasteiger partial charge < -0.3 is 4.74 Å². The second-order valence-electron chi connectivity index (χ2n) is 15.0. The second kappa shape index (κ2) is 13.0. The Morgan fingerprint density at radius 1 is 0.837 bits per heavy atom. The van der Waals surface area contributed by atoms with Crippen molar-refractivity contribution in [2.45, 2.75) is 92.9 Å². The van der Waals surface area contributed by atoms with E-state index in [9.17, 15) is 0 Å². The van der Waals surface area contributed by atoms with Crippen molar-refractivity contribution in [1.29, 1.82) is 0 Å². The van der Waals surface area contributed by atoms with Crippen molar-refractivity contribution < 1.29 is 4.74 Å². The fraction of sp³-hybridized carbons (Fsp3) is 0.364. The SMILES string of the molecule is CCc1cc(Oc2ccc3c4ccccc4n(-c4cc(C)ccn4)c3c2)cc(-n2nc(C(C)C)c(C3C(C)=C[C@H](C)C[C@@H]3C)c2C(C)C)c1. The first kappa shape index (κ1) is 32.9. The molecule has 1 aliphatic rings.